The predicted molar refractivity (Wildman–Crippen MR) is 76.0 cm³/mol. The van der Waals surface area contributed by atoms with Crippen LogP contribution in [0.4, 0.5) is 5.69 Å². The molecule has 106 valence electrons. The molecule has 1 unspecified atom stereocenters. The maximum absolute atomic E-state index is 11.3. The molecule has 0 aromatic carbocycles. The first-order valence-corrected chi connectivity index (χ1v) is 6.98. The zero-order valence-corrected chi connectivity index (χ0v) is 12.1. The van der Waals surface area contributed by atoms with Gasteiger partial charge in [-0.2, -0.15) is 5.10 Å². The summed E-state index contributed by atoms with van der Waals surface area (Å²) in [4.78, 5) is 11.3. The average Bonchev–Trinajstić information content (AvgIpc) is 2.75. The SMILES string of the molecule is CNC(=O)Cn1cc(NC2CCCC(C)(C)C2)cn1. The molecule has 0 saturated heterocycles. The second-order valence-corrected chi connectivity index (χ2v) is 6.20. The number of nitrogens with one attached hydrogen (secondary N) is 2. The van der Waals surface area contributed by atoms with Crippen LogP contribution in [0.15, 0.2) is 12.4 Å². The van der Waals surface area contributed by atoms with Crippen LogP contribution in [0.25, 0.3) is 0 Å². The van der Waals surface area contributed by atoms with E-state index in [1.54, 1.807) is 17.9 Å². The van der Waals surface area contributed by atoms with E-state index < -0.39 is 0 Å². The van der Waals surface area contributed by atoms with Gasteiger partial charge in [0.1, 0.15) is 6.54 Å². The number of hydrogen-bond donors (Lipinski definition) is 2. The van der Waals surface area contributed by atoms with Crippen LogP contribution in [-0.2, 0) is 11.3 Å². The van der Waals surface area contributed by atoms with Crippen molar-refractivity contribution in [3.8, 4) is 0 Å². The van der Waals surface area contributed by atoms with E-state index in [0.29, 0.717) is 11.5 Å². The normalized spacial score (nSPS) is 21.9. The Morgan fingerprint density at radius 2 is 2.37 bits per heavy atom. The average molecular weight is 264 g/mol. The fourth-order valence-corrected chi connectivity index (χ4v) is 2.81. The van der Waals surface area contributed by atoms with Crippen molar-refractivity contribution in [2.75, 3.05) is 12.4 Å². The predicted octanol–water partition coefficient (Wildman–Crippen LogP) is 2.01. The second kappa shape index (κ2) is 5.63. The van der Waals surface area contributed by atoms with Gasteiger partial charge in [0.2, 0.25) is 5.91 Å². The smallest absolute Gasteiger partial charge is 0.241 e. The van der Waals surface area contributed by atoms with E-state index in [4.69, 9.17) is 0 Å². The number of hydrogen-bond acceptors (Lipinski definition) is 3. The van der Waals surface area contributed by atoms with Crippen molar-refractivity contribution in [2.24, 2.45) is 5.41 Å². The number of nitrogens with zero attached hydrogens (tertiary/aromatic N) is 2. The van der Waals surface area contributed by atoms with Crippen LogP contribution < -0.4 is 10.6 Å². The van der Waals surface area contributed by atoms with Gasteiger partial charge in [-0.15, -0.1) is 0 Å². The van der Waals surface area contributed by atoms with Crippen LogP contribution in [0, 0.1) is 5.41 Å². The molecule has 0 spiro atoms. The quantitative estimate of drug-likeness (QED) is 0.874. The zero-order chi connectivity index (χ0) is 13.9. The third-order valence-electron chi connectivity index (χ3n) is 3.79. The molecule has 0 aliphatic heterocycles. The van der Waals surface area contributed by atoms with Crippen LogP contribution in [0.5, 0.6) is 0 Å². The molecular weight excluding hydrogens is 240 g/mol. The molecule has 1 fully saturated rings. The van der Waals surface area contributed by atoms with Gasteiger partial charge in [0.05, 0.1) is 11.9 Å². The Balaban J connectivity index is 1.91. The number of carbonyl (C=O) groups excluding carboxylic acids is 1. The van der Waals surface area contributed by atoms with E-state index in [1.165, 1.54) is 25.7 Å². The number of aromatic nitrogens is 2. The van der Waals surface area contributed by atoms with Gasteiger partial charge in [-0.1, -0.05) is 20.3 Å². The van der Waals surface area contributed by atoms with E-state index in [9.17, 15) is 4.79 Å². The Morgan fingerprint density at radius 3 is 3.05 bits per heavy atom. The maximum atomic E-state index is 11.3. The molecule has 1 aromatic heterocycles. The highest BCUT2D eigenvalue weighted by Crippen LogP contribution is 2.36. The summed E-state index contributed by atoms with van der Waals surface area (Å²) in [6.07, 6.45) is 8.68. The Morgan fingerprint density at radius 1 is 1.58 bits per heavy atom. The summed E-state index contributed by atoms with van der Waals surface area (Å²) in [5, 5.41) is 10.3. The Hall–Kier alpha value is -1.52. The van der Waals surface area contributed by atoms with E-state index in [2.05, 4.69) is 29.6 Å². The summed E-state index contributed by atoms with van der Waals surface area (Å²) < 4.78 is 1.66. The highest BCUT2D eigenvalue weighted by molar-refractivity contribution is 5.75. The first-order chi connectivity index (χ1) is 8.98. The Labute approximate surface area is 114 Å². The molecule has 19 heavy (non-hydrogen) atoms. The molecule has 1 atom stereocenters. The zero-order valence-electron chi connectivity index (χ0n) is 12.1. The summed E-state index contributed by atoms with van der Waals surface area (Å²) in [6, 6.07) is 0.515. The van der Waals surface area contributed by atoms with Crippen molar-refractivity contribution in [3.05, 3.63) is 12.4 Å². The molecule has 2 N–H and O–H groups in total. The Kier molecular flexibility index (Phi) is 4.12. The molecule has 1 aliphatic carbocycles. The van der Waals surface area contributed by atoms with E-state index in [-0.39, 0.29) is 12.5 Å². The highest BCUT2D eigenvalue weighted by Gasteiger charge is 2.27. The first-order valence-electron chi connectivity index (χ1n) is 6.98. The third kappa shape index (κ3) is 3.98. The monoisotopic (exact) mass is 264 g/mol. The van der Waals surface area contributed by atoms with E-state index in [0.717, 1.165) is 5.69 Å². The van der Waals surface area contributed by atoms with E-state index in [1.807, 2.05) is 6.20 Å². The van der Waals surface area contributed by atoms with Crippen LogP contribution in [-0.4, -0.2) is 28.8 Å². The summed E-state index contributed by atoms with van der Waals surface area (Å²) in [7, 11) is 1.63. The Bertz CT molecular complexity index is 438. The molecule has 0 bridgehead atoms. The van der Waals surface area contributed by atoms with Crippen LogP contribution in [0.3, 0.4) is 0 Å². The molecule has 5 heteroatoms. The number of likely N-dealkylation sites (N-methyl/N-ethyl adjacent to an activating group) is 1. The van der Waals surface area contributed by atoms with Crippen molar-refractivity contribution >= 4 is 11.6 Å². The molecule has 1 amide bonds. The van der Waals surface area contributed by atoms with Crippen molar-refractivity contribution in [1.29, 1.82) is 0 Å². The van der Waals surface area contributed by atoms with Crippen molar-refractivity contribution in [1.82, 2.24) is 15.1 Å². The van der Waals surface area contributed by atoms with Gasteiger partial charge >= 0.3 is 0 Å². The summed E-state index contributed by atoms with van der Waals surface area (Å²) in [5.74, 6) is -0.0338. The number of rotatable bonds is 4. The lowest BCUT2D eigenvalue weighted by atomic mass is 9.75. The van der Waals surface area contributed by atoms with Crippen LogP contribution in [0.1, 0.15) is 39.5 Å². The van der Waals surface area contributed by atoms with Gasteiger partial charge < -0.3 is 10.6 Å². The molecule has 1 heterocycles. The van der Waals surface area contributed by atoms with Crippen molar-refractivity contribution < 1.29 is 4.79 Å². The summed E-state index contributed by atoms with van der Waals surface area (Å²) in [5.41, 5.74) is 1.43. The lowest BCUT2D eigenvalue weighted by molar-refractivity contribution is -0.121. The lowest BCUT2D eigenvalue weighted by Gasteiger charge is -2.35. The second-order valence-electron chi connectivity index (χ2n) is 6.20. The number of carbonyl (C=O) groups is 1. The van der Waals surface area contributed by atoms with Crippen LogP contribution >= 0.6 is 0 Å². The molecule has 5 nitrogen and oxygen atoms in total. The standard InChI is InChI=1S/C14H24N4O/c1-14(2)6-4-5-11(7-14)17-12-8-16-18(9-12)10-13(19)15-3/h8-9,11,17H,4-7,10H2,1-3H3,(H,15,19). The third-order valence-corrected chi connectivity index (χ3v) is 3.79. The van der Waals surface area contributed by atoms with Gasteiger partial charge in [-0.05, 0) is 24.7 Å². The van der Waals surface area contributed by atoms with Gasteiger partial charge in [0.15, 0.2) is 0 Å². The number of amides is 1. The van der Waals surface area contributed by atoms with Crippen molar-refractivity contribution in [3.63, 3.8) is 0 Å². The summed E-state index contributed by atoms with van der Waals surface area (Å²) >= 11 is 0. The van der Waals surface area contributed by atoms with Gasteiger partial charge in [0, 0.05) is 19.3 Å². The topological polar surface area (TPSA) is 59.0 Å². The maximum Gasteiger partial charge on any atom is 0.241 e. The molecular formula is C14H24N4O. The van der Waals surface area contributed by atoms with E-state index >= 15 is 0 Å². The molecule has 2 rings (SSSR count). The molecule has 1 saturated carbocycles. The highest BCUT2D eigenvalue weighted by atomic mass is 16.1. The first kappa shape index (κ1) is 13.9. The molecule has 1 aromatic rings. The minimum absolute atomic E-state index is 0.0338. The largest absolute Gasteiger partial charge is 0.380 e. The fraction of sp³-hybridized carbons (Fsp3) is 0.714. The fourth-order valence-electron chi connectivity index (χ4n) is 2.81. The summed E-state index contributed by atoms with van der Waals surface area (Å²) in [6.45, 7) is 4.93. The lowest BCUT2D eigenvalue weighted by Crippen LogP contribution is -2.31. The minimum atomic E-state index is -0.0338. The van der Waals surface area contributed by atoms with Crippen LogP contribution in [0.2, 0.25) is 0 Å². The molecule has 0 radical (unpaired) electrons. The van der Waals surface area contributed by atoms with Crippen molar-refractivity contribution in [2.45, 2.75) is 52.1 Å². The molecule has 1 aliphatic rings. The van der Waals surface area contributed by atoms with Gasteiger partial charge in [-0.3, -0.25) is 9.48 Å². The van der Waals surface area contributed by atoms with Gasteiger partial charge in [-0.25, -0.2) is 0 Å². The number of anilines is 1. The minimum Gasteiger partial charge on any atom is -0.380 e. The van der Waals surface area contributed by atoms with Gasteiger partial charge in [0.25, 0.3) is 0 Å².